The van der Waals surface area contributed by atoms with Gasteiger partial charge >= 0.3 is 6.18 Å². The summed E-state index contributed by atoms with van der Waals surface area (Å²) in [5, 5.41) is 18.1. The lowest BCUT2D eigenvalue weighted by atomic mass is 9.82. The Morgan fingerprint density at radius 3 is 2.39 bits per heavy atom. The largest absolute Gasteiger partial charge is 0.417 e. The Labute approximate surface area is 176 Å². The predicted molar refractivity (Wildman–Crippen MR) is 106 cm³/mol. The van der Waals surface area contributed by atoms with E-state index in [1.165, 1.54) is 6.07 Å². The molecule has 170 valence electrons. The van der Waals surface area contributed by atoms with Crippen LogP contribution in [0.3, 0.4) is 0 Å². The van der Waals surface area contributed by atoms with Gasteiger partial charge in [0, 0.05) is 5.56 Å². The molecule has 10 nitrogen and oxygen atoms in total. The fourth-order valence-electron chi connectivity index (χ4n) is 4.00. The number of rotatable bonds is 6. The molecule has 0 unspecified atom stereocenters. The van der Waals surface area contributed by atoms with Crippen molar-refractivity contribution >= 4 is 16.0 Å². The lowest BCUT2D eigenvalue weighted by Crippen LogP contribution is -2.27. The third-order valence-corrected chi connectivity index (χ3v) is 6.37. The number of hydrogen-bond acceptors (Lipinski definition) is 6. The molecular formula is C17H23F3N8O2S. The number of sulfonamides is 1. The van der Waals surface area contributed by atoms with Gasteiger partial charge in [0.05, 0.1) is 11.6 Å². The number of aryl methyl sites for hydroxylation is 1. The summed E-state index contributed by atoms with van der Waals surface area (Å²) >= 11 is 0. The zero-order valence-electron chi connectivity index (χ0n) is 16.4. The summed E-state index contributed by atoms with van der Waals surface area (Å²) in [6.45, 7) is 0. The van der Waals surface area contributed by atoms with E-state index in [9.17, 15) is 21.6 Å². The molecule has 1 aliphatic rings. The van der Waals surface area contributed by atoms with Crippen LogP contribution in [-0.4, -0.2) is 41.0 Å². The molecule has 1 heterocycles. The maximum absolute atomic E-state index is 13.5. The summed E-state index contributed by atoms with van der Waals surface area (Å²) in [5.41, 5.74) is 9.54. The lowest BCUT2D eigenvalue weighted by molar-refractivity contribution is -0.139. The molecular weight excluding hydrogens is 437 g/mol. The van der Waals surface area contributed by atoms with Crippen LogP contribution in [0.1, 0.15) is 43.2 Å². The van der Waals surface area contributed by atoms with Crippen molar-refractivity contribution in [3.05, 3.63) is 23.3 Å². The van der Waals surface area contributed by atoms with E-state index in [1.807, 2.05) is 0 Å². The summed E-state index contributed by atoms with van der Waals surface area (Å²) in [5.74, 6) is 0.0823. The molecule has 0 amide bonds. The number of nitrogens with two attached hydrogens (primary N) is 3. The second-order valence-electron chi connectivity index (χ2n) is 7.52. The molecule has 1 aliphatic carbocycles. The second-order valence-corrected chi connectivity index (χ2v) is 9.02. The van der Waals surface area contributed by atoms with Crippen molar-refractivity contribution < 1.29 is 21.6 Å². The number of halogens is 3. The number of hydrogen-bond donors (Lipinski definition) is 4. The average Bonchev–Trinajstić information content (AvgIpc) is 3.19. The van der Waals surface area contributed by atoms with Crippen LogP contribution >= 0.6 is 0 Å². The number of guanidine groups is 1. The molecule has 0 radical (unpaired) electrons. The van der Waals surface area contributed by atoms with E-state index in [-0.39, 0.29) is 23.4 Å². The van der Waals surface area contributed by atoms with Crippen LogP contribution in [0.5, 0.6) is 0 Å². The second kappa shape index (κ2) is 8.78. The number of aromatic amines is 1. The Balaban J connectivity index is 1.92. The van der Waals surface area contributed by atoms with Crippen molar-refractivity contribution in [2.75, 3.05) is 0 Å². The molecule has 3 rings (SSSR count). The van der Waals surface area contributed by atoms with Crippen LogP contribution in [-0.2, 0) is 22.6 Å². The van der Waals surface area contributed by atoms with E-state index in [4.69, 9.17) is 16.6 Å². The van der Waals surface area contributed by atoms with E-state index in [0.717, 1.165) is 31.7 Å². The quantitative estimate of drug-likeness (QED) is 0.370. The number of alkyl halides is 3. The molecule has 0 saturated heterocycles. The summed E-state index contributed by atoms with van der Waals surface area (Å²) < 4.78 is 64.9. The highest BCUT2D eigenvalue weighted by molar-refractivity contribution is 7.89. The molecule has 2 aromatic rings. The Kier molecular flexibility index (Phi) is 6.50. The number of nitrogens with one attached hydrogen (secondary N) is 1. The minimum atomic E-state index is -4.93. The van der Waals surface area contributed by atoms with Crippen molar-refractivity contribution in [2.45, 2.75) is 55.6 Å². The normalized spacial score (nSPS) is 19.9. The van der Waals surface area contributed by atoms with Crippen LogP contribution in [0.4, 0.5) is 13.2 Å². The van der Waals surface area contributed by atoms with Crippen molar-refractivity contribution in [3.8, 4) is 11.4 Å². The standard InChI is InChI=1S/C17H23F3N8O2S/c18-17(19,20)12-8-5-10(4-1-9-2-6-11(7-3-9)24-16(21)22)13(14(12)31(23,29)30)15-25-27-28-26-15/h5,8-9,11H,1-4,6-7H2,(H4,21,22,24)(H2,23,29,30)(H,25,26,27,28). The van der Waals surface area contributed by atoms with Crippen LogP contribution in [0.25, 0.3) is 11.4 Å². The monoisotopic (exact) mass is 460 g/mol. The maximum Gasteiger partial charge on any atom is 0.417 e. The number of primary sulfonamides is 1. The molecule has 1 fully saturated rings. The number of benzene rings is 1. The number of tetrazole rings is 1. The summed E-state index contributed by atoms with van der Waals surface area (Å²) in [6.07, 6.45) is -0.672. The number of nitrogens with zero attached hydrogens (tertiary/aromatic N) is 4. The number of H-pyrrole nitrogens is 1. The van der Waals surface area contributed by atoms with Gasteiger partial charge in [0.2, 0.25) is 15.8 Å². The van der Waals surface area contributed by atoms with Crippen LogP contribution in [0.2, 0.25) is 0 Å². The Morgan fingerprint density at radius 1 is 1.19 bits per heavy atom. The van der Waals surface area contributed by atoms with Gasteiger partial charge in [-0.2, -0.15) is 18.4 Å². The molecule has 0 bridgehead atoms. The molecule has 0 atom stereocenters. The zero-order chi connectivity index (χ0) is 22.8. The summed E-state index contributed by atoms with van der Waals surface area (Å²) in [7, 11) is -4.74. The zero-order valence-corrected chi connectivity index (χ0v) is 17.2. The smallest absolute Gasteiger partial charge is 0.370 e. The van der Waals surface area contributed by atoms with Gasteiger partial charge < -0.3 is 11.5 Å². The third-order valence-electron chi connectivity index (χ3n) is 5.37. The first-order chi connectivity index (χ1) is 14.5. The average molecular weight is 460 g/mol. The minimum absolute atomic E-state index is 0.0495. The maximum atomic E-state index is 13.5. The highest BCUT2D eigenvalue weighted by Gasteiger charge is 2.39. The highest BCUT2D eigenvalue weighted by atomic mass is 32.2. The van der Waals surface area contributed by atoms with Crippen LogP contribution < -0.4 is 16.6 Å². The third kappa shape index (κ3) is 5.50. The van der Waals surface area contributed by atoms with E-state index < -0.39 is 26.7 Å². The molecule has 0 spiro atoms. The van der Waals surface area contributed by atoms with E-state index in [1.54, 1.807) is 0 Å². The van der Waals surface area contributed by atoms with Gasteiger partial charge in [-0.1, -0.05) is 6.07 Å². The molecule has 1 aromatic carbocycles. The SMILES string of the molecule is NC(N)=NC1CCC(CCc2ccc(C(F)(F)F)c(S(N)(=O)=O)c2-c2nn[nH]n2)CC1. The van der Waals surface area contributed by atoms with Crippen molar-refractivity contribution in [1.29, 1.82) is 0 Å². The van der Waals surface area contributed by atoms with Gasteiger partial charge in [0.15, 0.2) is 5.96 Å². The van der Waals surface area contributed by atoms with E-state index in [0.29, 0.717) is 24.3 Å². The van der Waals surface area contributed by atoms with Gasteiger partial charge in [-0.3, -0.25) is 4.99 Å². The van der Waals surface area contributed by atoms with Gasteiger partial charge in [0.25, 0.3) is 0 Å². The van der Waals surface area contributed by atoms with Gasteiger partial charge in [0.1, 0.15) is 4.90 Å². The Hall–Kier alpha value is -2.74. The first-order valence-electron chi connectivity index (χ1n) is 9.55. The Bertz CT molecular complexity index is 1040. The summed E-state index contributed by atoms with van der Waals surface area (Å²) in [4.78, 5) is 3.12. The molecule has 7 N–H and O–H groups in total. The first-order valence-corrected chi connectivity index (χ1v) is 11.1. The fraction of sp³-hybridized carbons (Fsp3) is 0.529. The molecule has 0 aliphatic heterocycles. The van der Waals surface area contributed by atoms with Crippen molar-refractivity contribution in [2.24, 2.45) is 27.5 Å². The molecule has 1 aromatic heterocycles. The summed E-state index contributed by atoms with van der Waals surface area (Å²) in [6, 6.07) is 2.04. The first kappa shape index (κ1) is 22.9. The number of aliphatic imine (C=N–C) groups is 1. The molecule has 31 heavy (non-hydrogen) atoms. The Morgan fingerprint density at radius 2 is 1.87 bits per heavy atom. The molecule has 1 saturated carbocycles. The van der Waals surface area contributed by atoms with Gasteiger partial charge in [-0.15, -0.1) is 10.2 Å². The van der Waals surface area contributed by atoms with Crippen LogP contribution in [0, 0.1) is 5.92 Å². The van der Waals surface area contributed by atoms with E-state index in [2.05, 4.69) is 25.6 Å². The highest BCUT2D eigenvalue weighted by Crippen LogP contribution is 2.40. The van der Waals surface area contributed by atoms with Crippen molar-refractivity contribution in [1.82, 2.24) is 20.6 Å². The van der Waals surface area contributed by atoms with Gasteiger partial charge in [-0.25, -0.2) is 13.6 Å². The predicted octanol–water partition coefficient (Wildman–Crippen LogP) is 1.30. The minimum Gasteiger partial charge on any atom is -0.370 e. The van der Waals surface area contributed by atoms with Gasteiger partial charge in [-0.05, 0) is 61.3 Å². The fourth-order valence-corrected chi connectivity index (χ4v) is 4.99. The lowest BCUT2D eigenvalue weighted by Gasteiger charge is -2.26. The topological polar surface area (TPSA) is 179 Å². The van der Waals surface area contributed by atoms with Crippen molar-refractivity contribution in [3.63, 3.8) is 0 Å². The van der Waals surface area contributed by atoms with E-state index >= 15 is 0 Å². The molecule has 14 heteroatoms. The van der Waals surface area contributed by atoms with Crippen LogP contribution in [0.15, 0.2) is 22.0 Å². The number of aromatic nitrogens is 4.